The van der Waals surface area contributed by atoms with Crippen LogP contribution in [0, 0.1) is 13.8 Å². The van der Waals surface area contributed by atoms with Crippen LogP contribution in [-0.2, 0) is 0 Å². The summed E-state index contributed by atoms with van der Waals surface area (Å²) in [6.45, 7) is 4.28. The third-order valence-electron chi connectivity index (χ3n) is 4.09. The molecule has 0 radical (unpaired) electrons. The fourth-order valence-electron chi connectivity index (χ4n) is 2.99. The summed E-state index contributed by atoms with van der Waals surface area (Å²) in [6, 6.07) is 21.2. The van der Waals surface area contributed by atoms with Gasteiger partial charge in [-0.05, 0) is 31.0 Å². The van der Waals surface area contributed by atoms with Gasteiger partial charge in [0.1, 0.15) is 11.2 Å². The van der Waals surface area contributed by atoms with Crippen molar-refractivity contribution in [1.82, 2.24) is 0 Å². The van der Waals surface area contributed by atoms with Crippen molar-refractivity contribution in [2.75, 3.05) is 0 Å². The molecular weight excluding hydrogens is 256 g/mol. The summed E-state index contributed by atoms with van der Waals surface area (Å²) in [6.07, 6.45) is 0. The smallest absolute Gasteiger partial charge is 0.143 e. The Balaban J connectivity index is 2.12. The zero-order valence-corrected chi connectivity index (χ0v) is 12.2. The van der Waals surface area contributed by atoms with Gasteiger partial charge in [-0.3, -0.25) is 0 Å². The minimum absolute atomic E-state index is 0.949. The zero-order valence-electron chi connectivity index (χ0n) is 12.2. The number of hydrogen-bond acceptors (Lipinski definition) is 1. The number of fused-ring (bicyclic) bond motifs is 3. The molecule has 0 bridgehead atoms. The molecule has 102 valence electrons. The van der Waals surface area contributed by atoms with Crippen LogP contribution in [0.5, 0.6) is 0 Å². The van der Waals surface area contributed by atoms with Gasteiger partial charge in [-0.2, -0.15) is 0 Å². The third-order valence-corrected chi connectivity index (χ3v) is 4.09. The quantitative estimate of drug-likeness (QED) is 0.422. The van der Waals surface area contributed by atoms with Gasteiger partial charge in [0.25, 0.3) is 0 Å². The number of rotatable bonds is 1. The lowest BCUT2D eigenvalue weighted by atomic mass is 9.97. The molecule has 1 heteroatoms. The van der Waals surface area contributed by atoms with Crippen molar-refractivity contribution in [2.24, 2.45) is 0 Å². The first-order valence-electron chi connectivity index (χ1n) is 7.22. The van der Waals surface area contributed by atoms with Gasteiger partial charge < -0.3 is 4.42 Å². The SMILES string of the molecule is Cc1ccc(C)c(-c2cccc3c2oc2ccccc23)c1. The Morgan fingerprint density at radius 3 is 2.43 bits per heavy atom. The van der Waals surface area contributed by atoms with Crippen molar-refractivity contribution < 1.29 is 4.42 Å². The van der Waals surface area contributed by atoms with Crippen LogP contribution >= 0.6 is 0 Å². The monoisotopic (exact) mass is 272 g/mol. The Morgan fingerprint density at radius 1 is 0.714 bits per heavy atom. The van der Waals surface area contributed by atoms with E-state index >= 15 is 0 Å². The van der Waals surface area contributed by atoms with E-state index < -0.39 is 0 Å². The summed E-state index contributed by atoms with van der Waals surface area (Å²) in [5.74, 6) is 0. The number of hydrogen-bond donors (Lipinski definition) is 0. The largest absolute Gasteiger partial charge is 0.455 e. The van der Waals surface area contributed by atoms with Crippen molar-refractivity contribution in [3.8, 4) is 11.1 Å². The molecule has 0 fully saturated rings. The average molecular weight is 272 g/mol. The van der Waals surface area contributed by atoms with Gasteiger partial charge in [0.15, 0.2) is 0 Å². The van der Waals surface area contributed by atoms with Gasteiger partial charge in [0.2, 0.25) is 0 Å². The lowest BCUT2D eigenvalue weighted by molar-refractivity contribution is 0.670. The van der Waals surface area contributed by atoms with Gasteiger partial charge >= 0.3 is 0 Å². The molecule has 0 saturated heterocycles. The van der Waals surface area contributed by atoms with Crippen molar-refractivity contribution in [3.05, 3.63) is 71.8 Å². The lowest BCUT2D eigenvalue weighted by Crippen LogP contribution is -1.85. The Labute approximate surface area is 123 Å². The summed E-state index contributed by atoms with van der Waals surface area (Å²) >= 11 is 0. The van der Waals surface area contributed by atoms with E-state index in [1.165, 1.54) is 33.0 Å². The Kier molecular flexibility index (Phi) is 2.61. The molecule has 1 nitrogen and oxygen atoms in total. The molecule has 0 aliphatic rings. The molecule has 4 rings (SSSR count). The molecule has 1 heterocycles. The Hall–Kier alpha value is -2.54. The average Bonchev–Trinajstić information content (AvgIpc) is 2.88. The first kappa shape index (κ1) is 12.2. The van der Waals surface area contributed by atoms with Crippen molar-refractivity contribution in [2.45, 2.75) is 13.8 Å². The van der Waals surface area contributed by atoms with Crippen LogP contribution in [0.3, 0.4) is 0 Å². The summed E-state index contributed by atoms with van der Waals surface area (Å²) in [7, 11) is 0. The number of benzene rings is 3. The molecule has 0 aliphatic carbocycles. The van der Waals surface area contributed by atoms with Crippen molar-refractivity contribution >= 4 is 21.9 Å². The minimum atomic E-state index is 0.949. The van der Waals surface area contributed by atoms with Gasteiger partial charge in [-0.25, -0.2) is 0 Å². The number of furan rings is 1. The van der Waals surface area contributed by atoms with E-state index in [0.717, 1.165) is 11.2 Å². The molecule has 0 atom stereocenters. The summed E-state index contributed by atoms with van der Waals surface area (Å²) in [5, 5.41) is 2.36. The first-order chi connectivity index (χ1) is 10.2. The highest BCUT2D eigenvalue weighted by Gasteiger charge is 2.12. The van der Waals surface area contributed by atoms with Crippen LogP contribution in [0.15, 0.2) is 65.1 Å². The van der Waals surface area contributed by atoms with Crippen molar-refractivity contribution in [1.29, 1.82) is 0 Å². The van der Waals surface area contributed by atoms with E-state index in [4.69, 9.17) is 4.42 Å². The van der Waals surface area contributed by atoms with Gasteiger partial charge in [-0.1, -0.05) is 60.2 Å². The van der Waals surface area contributed by atoms with E-state index in [0.29, 0.717) is 0 Å². The molecule has 0 spiro atoms. The fraction of sp³-hybridized carbons (Fsp3) is 0.100. The third kappa shape index (κ3) is 1.85. The van der Waals surface area contributed by atoms with Crippen LogP contribution in [0.1, 0.15) is 11.1 Å². The molecule has 0 unspecified atom stereocenters. The number of aryl methyl sites for hydroxylation is 2. The molecule has 0 saturated carbocycles. The molecular formula is C20H16O. The summed E-state index contributed by atoms with van der Waals surface area (Å²) in [4.78, 5) is 0. The van der Waals surface area contributed by atoms with Gasteiger partial charge in [0.05, 0.1) is 0 Å². The highest BCUT2D eigenvalue weighted by Crippen LogP contribution is 2.36. The second-order valence-corrected chi connectivity index (χ2v) is 5.60. The normalized spacial score (nSPS) is 11.3. The lowest BCUT2D eigenvalue weighted by Gasteiger charge is -2.08. The van der Waals surface area contributed by atoms with E-state index in [9.17, 15) is 0 Å². The van der Waals surface area contributed by atoms with E-state index in [1.807, 2.05) is 12.1 Å². The highest BCUT2D eigenvalue weighted by atomic mass is 16.3. The predicted octanol–water partition coefficient (Wildman–Crippen LogP) is 5.87. The first-order valence-corrected chi connectivity index (χ1v) is 7.22. The van der Waals surface area contributed by atoms with Crippen molar-refractivity contribution in [3.63, 3.8) is 0 Å². The van der Waals surface area contributed by atoms with E-state index in [2.05, 4.69) is 62.4 Å². The summed E-state index contributed by atoms with van der Waals surface area (Å²) < 4.78 is 6.13. The molecule has 3 aromatic carbocycles. The maximum absolute atomic E-state index is 6.13. The molecule has 0 N–H and O–H groups in total. The topological polar surface area (TPSA) is 13.1 Å². The van der Waals surface area contributed by atoms with Crippen LogP contribution in [-0.4, -0.2) is 0 Å². The van der Waals surface area contributed by atoms with Crippen LogP contribution in [0.4, 0.5) is 0 Å². The van der Waals surface area contributed by atoms with Gasteiger partial charge in [-0.15, -0.1) is 0 Å². The van der Waals surface area contributed by atoms with E-state index in [1.54, 1.807) is 0 Å². The van der Waals surface area contributed by atoms with E-state index in [-0.39, 0.29) is 0 Å². The van der Waals surface area contributed by atoms with Crippen LogP contribution in [0.2, 0.25) is 0 Å². The highest BCUT2D eigenvalue weighted by molar-refractivity contribution is 6.09. The molecule has 0 aliphatic heterocycles. The minimum Gasteiger partial charge on any atom is -0.455 e. The molecule has 21 heavy (non-hydrogen) atoms. The molecule has 1 aromatic heterocycles. The zero-order chi connectivity index (χ0) is 14.4. The Bertz CT molecular complexity index is 960. The maximum atomic E-state index is 6.13. The maximum Gasteiger partial charge on any atom is 0.143 e. The second kappa shape index (κ2) is 4.49. The van der Waals surface area contributed by atoms with Gasteiger partial charge in [0, 0.05) is 16.3 Å². The predicted molar refractivity (Wildman–Crippen MR) is 88.6 cm³/mol. The second-order valence-electron chi connectivity index (χ2n) is 5.60. The Morgan fingerprint density at radius 2 is 1.52 bits per heavy atom. The standard InChI is InChI=1S/C20H16O/c1-13-10-11-14(2)18(12-13)17-8-5-7-16-15-6-3-4-9-19(15)21-20(16)17/h3-12H,1-2H3. The van der Waals surface area contributed by atoms with Crippen LogP contribution < -0.4 is 0 Å². The number of para-hydroxylation sites is 2. The summed E-state index contributed by atoms with van der Waals surface area (Å²) in [5.41, 5.74) is 6.89. The fourth-order valence-corrected chi connectivity index (χ4v) is 2.99. The molecule has 0 amide bonds. The molecule has 4 aromatic rings. The van der Waals surface area contributed by atoms with Crippen LogP contribution in [0.25, 0.3) is 33.1 Å².